The number of fused-ring (bicyclic) bond motifs is 3. The number of imidazole rings is 2. The summed E-state index contributed by atoms with van der Waals surface area (Å²) < 4.78 is 11.2. The molecule has 1 saturated carbocycles. The van der Waals surface area contributed by atoms with Crippen molar-refractivity contribution in [2.24, 2.45) is 23.5 Å². The molecule has 3 amide bonds. The summed E-state index contributed by atoms with van der Waals surface area (Å²) in [5.74, 6) is 1.88. The van der Waals surface area contributed by atoms with Crippen LogP contribution in [0.2, 0.25) is 0 Å². The van der Waals surface area contributed by atoms with Gasteiger partial charge in [-0.25, -0.2) is 14.8 Å². The monoisotopic (exact) mass is 850 g/mol. The zero-order chi connectivity index (χ0) is 43.6. The topological polar surface area (TPSA) is 172 Å². The summed E-state index contributed by atoms with van der Waals surface area (Å²) in [6.45, 7) is 6.37. The lowest BCUT2D eigenvalue weighted by Crippen LogP contribution is -2.51. The van der Waals surface area contributed by atoms with Gasteiger partial charge in [0.2, 0.25) is 11.8 Å². The zero-order valence-corrected chi connectivity index (χ0v) is 36.4. The average Bonchev–Trinajstić information content (AvgIpc) is 4.17. The lowest BCUT2D eigenvalue weighted by Gasteiger charge is -2.30. The zero-order valence-electron chi connectivity index (χ0n) is 36.4. The van der Waals surface area contributed by atoms with E-state index in [9.17, 15) is 14.4 Å². The van der Waals surface area contributed by atoms with Crippen LogP contribution in [-0.2, 0) is 19.1 Å². The molecule has 328 valence electrons. The Morgan fingerprint density at radius 1 is 0.810 bits per heavy atom. The lowest BCUT2D eigenvalue weighted by molar-refractivity contribution is -0.136. The predicted octanol–water partition coefficient (Wildman–Crippen LogP) is 8.61. The maximum atomic E-state index is 14.3. The Morgan fingerprint density at radius 3 is 2.32 bits per heavy atom. The average molecular weight is 851 g/mol. The molecule has 13 nitrogen and oxygen atoms in total. The second-order valence-electron chi connectivity index (χ2n) is 18.0. The number of rotatable bonds is 13. The van der Waals surface area contributed by atoms with Gasteiger partial charge in [0.25, 0.3) is 0 Å². The van der Waals surface area contributed by atoms with Crippen LogP contribution in [-0.4, -0.2) is 87.1 Å². The van der Waals surface area contributed by atoms with Crippen LogP contribution < -0.4 is 11.1 Å². The van der Waals surface area contributed by atoms with Crippen molar-refractivity contribution in [3.8, 4) is 22.4 Å². The molecule has 5 N–H and O–H groups in total. The fourth-order valence-corrected chi connectivity index (χ4v) is 9.95. The summed E-state index contributed by atoms with van der Waals surface area (Å²) in [7, 11) is 1.31. The first-order chi connectivity index (χ1) is 30.6. The maximum Gasteiger partial charge on any atom is 0.407 e. The third kappa shape index (κ3) is 8.81. The Morgan fingerprint density at radius 2 is 1.56 bits per heavy atom. The molecule has 0 unspecified atom stereocenters. The molecule has 6 aromatic rings. The normalized spacial score (nSPS) is 20.2. The molecule has 1 aliphatic carbocycles. The summed E-state index contributed by atoms with van der Waals surface area (Å²) >= 11 is 0. The molecule has 4 heterocycles. The van der Waals surface area contributed by atoms with Crippen molar-refractivity contribution in [2.45, 2.75) is 83.0 Å². The number of nitrogens with zero attached hydrogens (tertiary/aromatic N) is 4. The molecule has 2 aromatic heterocycles. The van der Waals surface area contributed by atoms with Gasteiger partial charge in [0, 0.05) is 31.0 Å². The number of aromatic nitrogens is 4. The van der Waals surface area contributed by atoms with Gasteiger partial charge in [-0.3, -0.25) is 9.59 Å². The quantitative estimate of drug-likeness (QED) is 0.0895. The van der Waals surface area contributed by atoms with Crippen LogP contribution in [0.15, 0.2) is 91.1 Å². The molecule has 0 bridgehead atoms. The van der Waals surface area contributed by atoms with Crippen molar-refractivity contribution in [1.82, 2.24) is 35.1 Å². The van der Waals surface area contributed by atoms with Crippen molar-refractivity contribution in [3.05, 3.63) is 108 Å². The highest BCUT2D eigenvalue weighted by Crippen LogP contribution is 2.39. The summed E-state index contributed by atoms with van der Waals surface area (Å²) in [5, 5.41) is 4.86. The fourth-order valence-electron chi connectivity index (χ4n) is 9.95. The highest BCUT2D eigenvalue weighted by atomic mass is 16.5. The van der Waals surface area contributed by atoms with Crippen molar-refractivity contribution in [2.75, 3.05) is 33.4 Å². The molecule has 4 aromatic carbocycles. The van der Waals surface area contributed by atoms with Crippen LogP contribution in [0.25, 0.3) is 44.2 Å². The predicted molar refractivity (Wildman–Crippen MR) is 243 cm³/mol. The number of aromatic amines is 2. The van der Waals surface area contributed by atoms with E-state index in [2.05, 4.69) is 69.9 Å². The smallest absolute Gasteiger partial charge is 0.407 e. The van der Waals surface area contributed by atoms with Gasteiger partial charge in [0.15, 0.2) is 0 Å². The Balaban J connectivity index is 0.919. The summed E-state index contributed by atoms with van der Waals surface area (Å²) in [6, 6.07) is 26.6. The number of amides is 3. The summed E-state index contributed by atoms with van der Waals surface area (Å²) in [5.41, 5.74) is 13.0. The van der Waals surface area contributed by atoms with E-state index in [-0.39, 0.29) is 35.7 Å². The van der Waals surface area contributed by atoms with Crippen molar-refractivity contribution < 1.29 is 23.9 Å². The maximum absolute atomic E-state index is 14.3. The van der Waals surface area contributed by atoms with Crippen LogP contribution in [0.3, 0.4) is 0 Å². The number of nitrogens with one attached hydrogen (secondary N) is 3. The molecule has 2 aliphatic heterocycles. The van der Waals surface area contributed by atoms with E-state index in [0.717, 1.165) is 80.9 Å². The van der Waals surface area contributed by atoms with E-state index in [1.54, 1.807) is 0 Å². The number of nitrogens with two attached hydrogens (primary N) is 1. The molecular weight excluding hydrogens is 793 g/mol. The van der Waals surface area contributed by atoms with Gasteiger partial charge in [-0.15, -0.1) is 0 Å². The number of H-pyrrole nitrogens is 2. The number of likely N-dealkylation sites (tertiary alicyclic amines) is 2. The molecule has 13 heteroatoms. The third-order valence-corrected chi connectivity index (χ3v) is 13.4. The fraction of sp³-hybridized carbons (Fsp3) is 0.420. The van der Waals surface area contributed by atoms with Gasteiger partial charge < -0.3 is 40.3 Å². The second kappa shape index (κ2) is 18.4. The number of hydrogen-bond acceptors (Lipinski definition) is 8. The van der Waals surface area contributed by atoms with Gasteiger partial charge in [-0.1, -0.05) is 99.5 Å². The molecule has 63 heavy (non-hydrogen) atoms. The summed E-state index contributed by atoms with van der Waals surface area (Å²) in [6.07, 6.45) is 8.64. The number of carbonyl (C=O) groups excluding carboxylic acids is 3. The number of alkyl carbamates (subject to hydrolysis) is 1. The van der Waals surface area contributed by atoms with Crippen LogP contribution in [0.1, 0.15) is 94.1 Å². The Bertz CT molecular complexity index is 2560. The van der Waals surface area contributed by atoms with Gasteiger partial charge in [0.1, 0.15) is 23.7 Å². The Hall–Kier alpha value is -6.05. The van der Waals surface area contributed by atoms with Gasteiger partial charge in [-0.2, -0.15) is 0 Å². The van der Waals surface area contributed by atoms with Crippen molar-refractivity contribution in [1.29, 1.82) is 0 Å². The number of methoxy groups -OCH3 is 1. The first-order valence-corrected chi connectivity index (χ1v) is 22.6. The van der Waals surface area contributed by atoms with Crippen LogP contribution in [0.4, 0.5) is 4.79 Å². The van der Waals surface area contributed by atoms with Crippen molar-refractivity contribution in [3.63, 3.8) is 0 Å². The van der Waals surface area contributed by atoms with Gasteiger partial charge in [-0.05, 0) is 83.7 Å². The molecule has 3 aliphatic rings. The molecule has 0 spiro atoms. The van der Waals surface area contributed by atoms with Gasteiger partial charge in [0.05, 0.1) is 48.7 Å². The number of hydrogen-bond donors (Lipinski definition) is 4. The van der Waals surface area contributed by atoms with Crippen molar-refractivity contribution >= 4 is 39.7 Å². The van der Waals surface area contributed by atoms with Crippen LogP contribution >= 0.6 is 0 Å². The number of benzene rings is 4. The standard InChI is InChI=1S/C50H58N8O5/c1-30(2)44(56-50(61)62-3)49(60)58-27-32(29-63-28-31-10-7-8-11-31)24-42(58)47-53-39-22-20-37-25-36(19-21-38(37)45(39)55-47)33-15-17-34(18-16-33)40-26-52-46(54-40)41-14-9-23-57(41)48(59)43(51)35-12-5-4-6-13-35/h4-6,12-13,15-22,25-26,30-32,41-44H,7-11,14,23-24,27-29,51H2,1-3H3,(H,52,54)(H,53,55)(H,56,61)/t32-,41-,42-,43+,44-/m0/s1. The lowest BCUT2D eigenvalue weighted by atomic mass is 9.99. The van der Waals surface area contributed by atoms with E-state index in [0.29, 0.717) is 32.0 Å². The largest absolute Gasteiger partial charge is 0.453 e. The van der Waals surface area contributed by atoms with E-state index in [4.69, 9.17) is 25.2 Å². The van der Waals surface area contributed by atoms with E-state index in [1.807, 2.05) is 60.2 Å². The first-order valence-electron chi connectivity index (χ1n) is 22.6. The van der Waals surface area contributed by atoms with Crippen LogP contribution in [0, 0.1) is 17.8 Å². The molecule has 0 radical (unpaired) electrons. The summed E-state index contributed by atoms with van der Waals surface area (Å²) in [4.78, 5) is 60.8. The highest BCUT2D eigenvalue weighted by Gasteiger charge is 2.42. The molecule has 3 fully saturated rings. The number of ether oxygens (including phenoxy) is 2. The molecular formula is C50H58N8O5. The first kappa shape index (κ1) is 42.3. The minimum Gasteiger partial charge on any atom is -0.453 e. The molecule has 9 rings (SSSR count). The molecule has 5 atom stereocenters. The minimum atomic E-state index is -0.738. The highest BCUT2D eigenvalue weighted by molar-refractivity contribution is 6.05. The Labute approximate surface area is 368 Å². The second-order valence-corrected chi connectivity index (χ2v) is 18.0. The van der Waals surface area contributed by atoms with Gasteiger partial charge >= 0.3 is 6.09 Å². The Kier molecular flexibility index (Phi) is 12.3. The SMILES string of the molecule is COC(=O)N[C@H](C(=O)N1C[C@@H](COCC2CCCC2)C[C@H]1c1nc2c(ccc3cc(-c4ccc(-c5cnc([C@@H]6CCCN6C(=O)[C@H](N)c6ccccc6)[nH]5)cc4)ccc32)[nH]1)C(C)C. The molecule has 2 saturated heterocycles. The van der Waals surface area contributed by atoms with E-state index >= 15 is 0 Å². The van der Waals surface area contributed by atoms with Crippen LogP contribution in [0.5, 0.6) is 0 Å². The van der Waals surface area contributed by atoms with E-state index in [1.165, 1.54) is 32.8 Å². The minimum absolute atomic E-state index is 0.0859. The van der Waals surface area contributed by atoms with E-state index < -0.39 is 18.2 Å². The third-order valence-electron chi connectivity index (χ3n) is 13.4. The number of carbonyl (C=O) groups is 3.